The summed E-state index contributed by atoms with van der Waals surface area (Å²) in [5.74, 6) is 0. The molecule has 0 amide bonds. The molecule has 1 saturated carbocycles. The number of benzene rings is 1. The van der Waals surface area contributed by atoms with E-state index in [4.69, 9.17) is 0 Å². The minimum absolute atomic E-state index is 0.0558. The second-order valence-electron chi connectivity index (χ2n) is 5.84. The van der Waals surface area contributed by atoms with Crippen molar-refractivity contribution < 1.29 is 26.7 Å². The molecule has 2 atom stereocenters. The Morgan fingerprint density at radius 1 is 1.23 bits per heavy atom. The van der Waals surface area contributed by atoms with Crippen molar-refractivity contribution in [1.29, 1.82) is 0 Å². The normalized spacial score (nSPS) is 27.3. The molecular weight excluding hydrogens is 319 g/mol. The predicted molar refractivity (Wildman–Crippen MR) is 73.5 cm³/mol. The third kappa shape index (κ3) is 2.87. The Kier molecular flexibility index (Phi) is 3.73. The molecule has 1 aromatic rings. The number of hydrogen-bond acceptors (Lipinski definition) is 3. The average Bonchev–Trinajstić information content (AvgIpc) is 3.21. The van der Waals surface area contributed by atoms with Gasteiger partial charge in [0, 0.05) is 6.54 Å². The van der Waals surface area contributed by atoms with Crippen molar-refractivity contribution >= 4 is 10.0 Å². The first kappa shape index (κ1) is 15.8. The molecule has 0 unspecified atom stereocenters. The van der Waals surface area contributed by atoms with E-state index in [1.807, 2.05) is 0 Å². The summed E-state index contributed by atoms with van der Waals surface area (Å²) in [6, 6.07) is 3.94. The van der Waals surface area contributed by atoms with Gasteiger partial charge in [-0.15, -0.1) is 0 Å². The van der Waals surface area contributed by atoms with Crippen LogP contribution in [0.3, 0.4) is 0 Å². The lowest BCUT2D eigenvalue weighted by molar-refractivity contribution is -0.137. The Labute approximate surface area is 126 Å². The second-order valence-corrected chi connectivity index (χ2v) is 8.01. The van der Waals surface area contributed by atoms with Crippen LogP contribution in [-0.2, 0) is 16.2 Å². The maximum atomic E-state index is 12.8. The van der Waals surface area contributed by atoms with E-state index < -0.39 is 39.2 Å². The molecule has 4 nitrogen and oxygen atoms in total. The van der Waals surface area contributed by atoms with Crippen LogP contribution < -0.4 is 0 Å². The molecule has 0 radical (unpaired) electrons. The Morgan fingerprint density at radius 3 is 2.50 bits per heavy atom. The molecule has 0 bridgehead atoms. The number of hydrogen-bond donors (Lipinski definition) is 1. The van der Waals surface area contributed by atoms with Crippen molar-refractivity contribution in [1.82, 2.24) is 4.31 Å². The highest BCUT2D eigenvalue weighted by molar-refractivity contribution is 7.90. The van der Waals surface area contributed by atoms with Crippen LogP contribution in [0.4, 0.5) is 13.2 Å². The third-order valence-corrected chi connectivity index (χ3v) is 6.48. The van der Waals surface area contributed by atoms with Crippen LogP contribution >= 0.6 is 0 Å². The SMILES string of the molecule is O=S(=O)(C1CC1)N1C[C@@H](O)C[C@H]1c1cccc(C(F)(F)F)c1. The van der Waals surface area contributed by atoms with Crippen LogP contribution in [0, 0.1) is 0 Å². The molecule has 1 aromatic carbocycles. The van der Waals surface area contributed by atoms with E-state index in [9.17, 15) is 26.7 Å². The minimum Gasteiger partial charge on any atom is -0.392 e. The zero-order valence-corrected chi connectivity index (χ0v) is 12.4. The molecule has 1 aliphatic carbocycles. The van der Waals surface area contributed by atoms with Gasteiger partial charge in [-0.2, -0.15) is 17.5 Å². The Morgan fingerprint density at radius 2 is 1.91 bits per heavy atom. The predicted octanol–water partition coefficient (Wildman–Crippen LogP) is 2.31. The third-order valence-electron chi connectivity index (χ3n) is 4.10. The monoisotopic (exact) mass is 335 g/mol. The van der Waals surface area contributed by atoms with E-state index in [-0.39, 0.29) is 18.5 Å². The largest absolute Gasteiger partial charge is 0.416 e. The number of β-amino-alcohol motifs (C(OH)–C–C–N with tert-alkyl or cyclic N) is 1. The molecule has 22 heavy (non-hydrogen) atoms. The quantitative estimate of drug-likeness (QED) is 0.922. The Hall–Kier alpha value is -1.12. The molecule has 0 aromatic heterocycles. The van der Waals surface area contributed by atoms with Gasteiger partial charge in [0.1, 0.15) is 0 Å². The van der Waals surface area contributed by atoms with Gasteiger partial charge in [0.15, 0.2) is 0 Å². The molecule has 1 saturated heterocycles. The van der Waals surface area contributed by atoms with Gasteiger partial charge in [-0.05, 0) is 37.0 Å². The molecule has 1 aliphatic heterocycles. The first-order valence-electron chi connectivity index (χ1n) is 7.05. The lowest BCUT2D eigenvalue weighted by atomic mass is 10.0. The molecule has 8 heteroatoms. The van der Waals surface area contributed by atoms with Gasteiger partial charge in [-0.3, -0.25) is 0 Å². The zero-order valence-electron chi connectivity index (χ0n) is 11.6. The van der Waals surface area contributed by atoms with E-state index in [0.29, 0.717) is 12.8 Å². The lowest BCUT2D eigenvalue weighted by Gasteiger charge is -2.24. The fourth-order valence-electron chi connectivity index (χ4n) is 2.85. The van der Waals surface area contributed by atoms with E-state index in [0.717, 1.165) is 12.1 Å². The number of aliphatic hydroxyl groups is 1. The van der Waals surface area contributed by atoms with Crippen LogP contribution in [0.5, 0.6) is 0 Å². The number of aliphatic hydroxyl groups excluding tert-OH is 1. The van der Waals surface area contributed by atoms with Gasteiger partial charge in [0.2, 0.25) is 10.0 Å². The summed E-state index contributed by atoms with van der Waals surface area (Å²) in [7, 11) is -3.55. The van der Waals surface area contributed by atoms with Gasteiger partial charge >= 0.3 is 6.18 Å². The number of nitrogens with zero attached hydrogens (tertiary/aromatic N) is 1. The van der Waals surface area contributed by atoms with Gasteiger partial charge in [-0.1, -0.05) is 12.1 Å². The molecule has 2 aliphatic rings. The summed E-state index contributed by atoms with van der Waals surface area (Å²) in [5.41, 5.74) is -0.536. The number of sulfonamides is 1. The van der Waals surface area contributed by atoms with Crippen LogP contribution in [0.1, 0.15) is 36.4 Å². The number of alkyl halides is 3. The maximum Gasteiger partial charge on any atom is 0.416 e. The number of rotatable bonds is 3. The second kappa shape index (κ2) is 5.21. The average molecular weight is 335 g/mol. The van der Waals surface area contributed by atoms with Crippen molar-refractivity contribution in [2.24, 2.45) is 0 Å². The molecule has 0 spiro atoms. The van der Waals surface area contributed by atoms with E-state index in [2.05, 4.69) is 0 Å². The van der Waals surface area contributed by atoms with E-state index in [1.165, 1.54) is 16.4 Å². The zero-order chi connectivity index (χ0) is 16.1. The van der Waals surface area contributed by atoms with E-state index >= 15 is 0 Å². The molecule has 1 heterocycles. The highest BCUT2D eigenvalue weighted by Crippen LogP contribution is 2.41. The first-order valence-corrected chi connectivity index (χ1v) is 8.56. The summed E-state index contributed by atoms with van der Waals surface area (Å²) in [4.78, 5) is 0. The fourth-order valence-corrected chi connectivity index (χ4v) is 4.91. The summed E-state index contributed by atoms with van der Waals surface area (Å²) in [5, 5.41) is 9.34. The molecule has 3 rings (SSSR count). The van der Waals surface area contributed by atoms with Gasteiger partial charge in [0.05, 0.1) is 23.0 Å². The van der Waals surface area contributed by atoms with Crippen LogP contribution in [0.2, 0.25) is 0 Å². The highest BCUT2D eigenvalue weighted by atomic mass is 32.2. The summed E-state index contributed by atoms with van der Waals surface area (Å²) < 4.78 is 64.4. The first-order chi connectivity index (χ1) is 10.2. The Bertz CT molecular complexity index is 670. The summed E-state index contributed by atoms with van der Waals surface area (Å²) >= 11 is 0. The molecule has 122 valence electrons. The molecular formula is C14H16F3NO3S. The topological polar surface area (TPSA) is 57.6 Å². The highest BCUT2D eigenvalue weighted by Gasteiger charge is 2.47. The summed E-state index contributed by atoms with van der Waals surface area (Å²) in [6.07, 6.45) is -4.07. The molecule has 2 fully saturated rings. The smallest absolute Gasteiger partial charge is 0.392 e. The van der Waals surface area contributed by atoms with E-state index in [1.54, 1.807) is 0 Å². The Balaban J connectivity index is 1.95. The van der Waals surface area contributed by atoms with Gasteiger partial charge in [0.25, 0.3) is 0 Å². The lowest BCUT2D eigenvalue weighted by Crippen LogP contribution is -2.34. The van der Waals surface area contributed by atoms with Crippen molar-refractivity contribution in [3.8, 4) is 0 Å². The fraction of sp³-hybridized carbons (Fsp3) is 0.571. The standard InChI is InChI=1S/C14H16F3NO3S/c15-14(16,17)10-3-1-2-9(6-10)13-7-11(19)8-18(13)22(20,21)12-4-5-12/h1-3,6,11-13,19H,4-5,7-8H2/t11-,13-/m0/s1. The van der Waals surface area contributed by atoms with Crippen molar-refractivity contribution in [2.45, 2.75) is 42.8 Å². The van der Waals surface area contributed by atoms with Crippen molar-refractivity contribution in [2.75, 3.05) is 6.54 Å². The molecule has 1 N–H and O–H groups in total. The van der Waals surface area contributed by atoms with Crippen molar-refractivity contribution in [3.05, 3.63) is 35.4 Å². The minimum atomic E-state index is -4.48. The van der Waals surface area contributed by atoms with Crippen LogP contribution in [0.15, 0.2) is 24.3 Å². The maximum absolute atomic E-state index is 12.8. The van der Waals surface area contributed by atoms with Gasteiger partial charge < -0.3 is 5.11 Å². The van der Waals surface area contributed by atoms with Crippen molar-refractivity contribution in [3.63, 3.8) is 0 Å². The summed E-state index contributed by atoms with van der Waals surface area (Å²) in [6.45, 7) is -0.0558. The number of halogens is 3. The van der Waals surface area contributed by atoms with Crippen LogP contribution in [-0.4, -0.2) is 35.7 Å². The van der Waals surface area contributed by atoms with Gasteiger partial charge in [-0.25, -0.2) is 8.42 Å². The van der Waals surface area contributed by atoms with Crippen LogP contribution in [0.25, 0.3) is 0 Å².